The second-order valence-electron chi connectivity index (χ2n) is 4.48. The lowest BCUT2D eigenvalue weighted by molar-refractivity contribution is -0.135. The summed E-state index contributed by atoms with van der Waals surface area (Å²) in [6, 6.07) is 4.22. The van der Waals surface area contributed by atoms with Crippen LogP contribution in [0.2, 0.25) is 0 Å². The first kappa shape index (κ1) is 14.6. The van der Waals surface area contributed by atoms with Gasteiger partial charge in [-0.25, -0.2) is 0 Å². The molecular weight excluding hydrogens is 276 g/mol. The van der Waals surface area contributed by atoms with Gasteiger partial charge in [0.2, 0.25) is 0 Å². The van der Waals surface area contributed by atoms with E-state index in [1.165, 1.54) is 18.2 Å². The van der Waals surface area contributed by atoms with Gasteiger partial charge < -0.3 is 26.2 Å². The van der Waals surface area contributed by atoms with Gasteiger partial charge in [-0.3, -0.25) is 14.6 Å². The van der Waals surface area contributed by atoms with Gasteiger partial charge >= 0.3 is 5.97 Å². The molecule has 0 spiro atoms. The number of aliphatic imine (C=N–C) groups is 1. The van der Waals surface area contributed by atoms with Crippen LogP contribution in [0.15, 0.2) is 23.2 Å². The number of carboxylic acids is 1. The summed E-state index contributed by atoms with van der Waals surface area (Å²) >= 11 is 0. The molecule has 0 fully saturated rings. The number of phenols is 1. The van der Waals surface area contributed by atoms with Crippen molar-refractivity contribution in [2.75, 3.05) is 25.0 Å². The van der Waals surface area contributed by atoms with E-state index in [2.05, 4.69) is 20.9 Å². The summed E-state index contributed by atoms with van der Waals surface area (Å²) in [7, 11) is 0. The smallest absolute Gasteiger partial charge is 0.322 e. The molecule has 2 rings (SSSR count). The van der Waals surface area contributed by atoms with E-state index in [1.54, 1.807) is 0 Å². The third-order valence-corrected chi connectivity index (χ3v) is 2.74. The number of nitrogens with zero attached hydrogens (tertiary/aromatic N) is 1. The molecular formula is C13H16N4O4. The Hall–Kier alpha value is -2.77. The summed E-state index contributed by atoms with van der Waals surface area (Å²) < 4.78 is 0. The number of hydrogen-bond donors (Lipinski definition) is 5. The minimum atomic E-state index is -1.14. The number of aromatic hydroxyl groups is 1. The summed E-state index contributed by atoms with van der Waals surface area (Å²) in [5.74, 6) is -1.24. The summed E-state index contributed by atoms with van der Waals surface area (Å²) in [6.07, 6.45) is 0.952. The molecule has 8 heteroatoms. The number of aliphatic carboxylic acids is 1. The Bertz CT molecular complexity index is 586. The fraction of sp³-hybridized carbons (Fsp3) is 0.308. The van der Waals surface area contributed by atoms with E-state index < -0.39 is 18.4 Å². The molecule has 5 N–H and O–H groups in total. The van der Waals surface area contributed by atoms with Gasteiger partial charge in [0.1, 0.15) is 12.3 Å². The first-order valence-electron chi connectivity index (χ1n) is 6.44. The van der Waals surface area contributed by atoms with Gasteiger partial charge in [-0.2, -0.15) is 0 Å². The number of hydrogen-bond acceptors (Lipinski definition) is 6. The SMILES string of the molecule is O=C(O)CNC(=O)c1cc(O)cc(NC2=NCCCN2)c1. The molecule has 0 aromatic heterocycles. The van der Waals surface area contributed by atoms with E-state index in [-0.39, 0.29) is 11.3 Å². The molecule has 21 heavy (non-hydrogen) atoms. The predicted molar refractivity (Wildman–Crippen MR) is 76.6 cm³/mol. The van der Waals surface area contributed by atoms with Gasteiger partial charge in [0.05, 0.1) is 0 Å². The number of anilines is 1. The van der Waals surface area contributed by atoms with Crippen LogP contribution in [0.5, 0.6) is 5.75 Å². The second-order valence-corrected chi connectivity index (χ2v) is 4.48. The number of benzene rings is 1. The molecule has 0 radical (unpaired) electrons. The van der Waals surface area contributed by atoms with Gasteiger partial charge in [-0.15, -0.1) is 0 Å². The van der Waals surface area contributed by atoms with E-state index in [0.29, 0.717) is 18.2 Å². The first-order chi connectivity index (χ1) is 10.0. The average Bonchev–Trinajstić information content (AvgIpc) is 2.45. The highest BCUT2D eigenvalue weighted by Gasteiger charge is 2.11. The molecule has 1 heterocycles. The van der Waals surface area contributed by atoms with E-state index in [9.17, 15) is 14.7 Å². The third-order valence-electron chi connectivity index (χ3n) is 2.74. The lowest BCUT2D eigenvalue weighted by atomic mass is 10.1. The molecule has 1 aliphatic rings. The van der Waals surface area contributed by atoms with Crippen LogP contribution in [0.4, 0.5) is 5.69 Å². The Morgan fingerprint density at radius 2 is 2.14 bits per heavy atom. The normalized spacial score (nSPS) is 13.8. The zero-order valence-electron chi connectivity index (χ0n) is 11.2. The van der Waals surface area contributed by atoms with Crippen molar-refractivity contribution in [2.24, 2.45) is 4.99 Å². The highest BCUT2D eigenvalue weighted by atomic mass is 16.4. The van der Waals surface area contributed by atoms with E-state index in [0.717, 1.165) is 13.0 Å². The van der Waals surface area contributed by atoms with Crippen molar-refractivity contribution in [1.82, 2.24) is 10.6 Å². The van der Waals surface area contributed by atoms with Crippen LogP contribution in [-0.4, -0.2) is 47.7 Å². The van der Waals surface area contributed by atoms with Crippen LogP contribution in [-0.2, 0) is 4.79 Å². The molecule has 0 aliphatic carbocycles. The molecule has 8 nitrogen and oxygen atoms in total. The van der Waals surface area contributed by atoms with Crippen molar-refractivity contribution in [3.63, 3.8) is 0 Å². The summed E-state index contributed by atoms with van der Waals surface area (Å²) in [6.45, 7) is 1.03. The lowest BCUT2D eigenvalue weighted by Crippen LogP contribution is -2.35. The quantitative estimate of drug-likeness (QED) is 0.531. The molecule has 0 unspecified atom stereocenters. The molecule has 0 bridgehead atoms. The number of carboxylic acid groups (broad SMARTS) is 1. The van der Waals surface area contributed by atoms with E-state index in [4.69, 9.17) is 5.11 Å². The maximum Gasteiger partial charge on any atom is 0.322 e. The molecule has 1 amide bonds. The number of guanidine groups is 1. The minimum absolute atomic E-state index is 0.100. The van der Waals surface area contributed by atoms with Gasteiger partial charge in [-0.05, 0) is 18.6 Å². The van der Waals surface area contributed by atoms with Crippen LogP contribution in [0.3, 0.4) is 0 Å². The van der Waals surface area contributed by atoms with Crippen LogP contribution >= 0.6 is 0 Å². The number of carbonyl (C=O) groups is 2. The molecule has 112 valence electrons. The number of phenolic OH excluding ortho intramolecular Hbond substituents is 1. The summed E-state index contributed by atoms with van der Waals surface area (Å²) in [5, 5.41) is 26.4. The Morgan fingerprint density at radius 3 is 2.81 bits per heavy atom. The highest BCUT2D eigenvalue weighted by molar-refractivity contribution is 5.99. The molecule has 0 saturated heterocycles. The van der Waals surface area contributed by atoms with Gasteiger partial charge in [0.15, 0.2) is 5.96 Å². The molecule has 1 aromatic rings. The third kappa shape index (κ3) is 4.37. The summed E-state index contributed by atoms with van der Waals surface area (Å²) in [5.41, 5.74) is 0.652. The van der Waals surface area contributed by atoms with Gasteiger partial charge in [0.25, 0.3) is 5.91 Å². The number of nitrogens with one attached hydrogen (secondary N) is 3. The van der Waals surface area contributed by atoms with Crippen molar-refractivity contribution in [1.29, 1.82) is 0 Å². The van der Waals surface area contributed by atoms with Crippen molar-refractivity contribution in [3.8, 4) is 5.75 Å². The van der Waals surface area contributed by atoms with Crippen LogP contribution in [0.1, 0.15) is 16.8 Å². The standard InChI is InChI=1S/C13H16N4O4/c18-10-5-8(12(21)16-7-11(19)20)4-9(6-10)17-13-14-2-1-3-15-13/h4-6,18H,1-3,7H2,(H,16,21)(H,19,20)(H2,14,15,17). The number of rotatable bonds is 4. The highest BCUT2D eigenvalue weighted by Crippen LogP contribution is 2.20. The Balaban J connectivity index is 2.10. The number of carbonyl (C=O) groups excluding carboxylic acids is 1. The Labute approximate surface area is 120 Å². The number of amides is 1. The monoisotopic (exact) mass is 292 g/mol. The Kier molecular flexibility index (Phi) is 4.60. The lowest BCUT2D eigenvalue weighted by Gasteiger charge is -2.16. The first-order valence-corrected chi connectivity index (χ1v) is 6.44. The zero-order chi connectivity index (χ0) is 15.2. The van der Waals surface area contributed by atoms with Gasteiger partial charge in [0, 0.05) is 30.4 Å². The van der Waals surface area contributed by atoms with Crippen molar-refractivity contribution in [3.05, 3.63) is 23.8 Å². The van der Waals surface area contributed by atoms with E-state index >= 15 is 0 Å². The second kappa shape index (κ2) is 6.60. The minimum Gasteiger partial charge on any atom is -0.508 e. The Morgan fingerprint density at radius 1 is 1.33 bits per heavy atom. The largest absolute Gasteiger partial charge is 0.508 e. The average molecular weight is 292 g/mol. The van der Waals surface area contributed by atoms with Crippen LogP contribution in [0, 0.1) is 0 Å². The predicted octanol–water partition coefficient (Wildman–Crippen LogP) is -0.0322. The maximum atomic E-state index is 11.8. The van der Waals surface area contributed by atoms with Crippen molar-refractivity contribution >= 4 is 23.5 Å². The fourth-order valence-corrected chi connectivity index (χ4v) is 1.83. The molecule has 1 aliphatic heterocycles. The topological polar surface area (TPSA) is 123 Å². The van der Waals surface area contributed by atoms with Crippen molar-refractivity contribution in [2.45, 2.75) is 6.42 Å². The summed E-state index contributed by atoms with van der Waals surface area (Å²) in [4.78, 5) is 26.4. The van der Waals surface area contributed by atoms with Crippen LogP contribution < -0.4 is 16.0 Å². The zero-order valence-corrected chi connectivity index (χ0v) is 11.2. The van der Waals surface area contributed by atoms with E-state index in [1.807, 2.05) is 0 Å². The molecule has 1 aromatic carbocycles. The van der Waals surface area contributed by atoms with Crippen LogP contribution in [0.25, 0.3) is 0 Å². The van der Waals surface area contributed by atoms with Crippen molar-refractivity contribution < 1.29 is 19.8 Å². The van der Waals surface area contributed by atoms with Gasteiger partial charge in [-0.1, -0.05) is 0 Å². The maximum absolute atomic E-state index is 11.8. The molecule has 0 saturated carbocycles. The molecule has 0 atom stereocenters. The fourth-order valence-electron chi connectivity index (χ4n) is 1.83.